The molecule has 88 valence electrons. The van der Waals surface area contributed by atoms with E-state index in [0.717, 1.165) is 23.5 Å². The molecule has 1 aromatic carbocycles. The summed E-state index contributed by atoms with van der Waals surface area (Å²) in [7, 11) is 3.34. The van der Waals surface area contributed by atoms with Crippen LogP contribution in [0.5, 0.6) is 11.5 Å². The molecule has 0 saturated carbocycles. The van der Waals surface area contributed by atoms with Crippen LogP contribution in [0.2, 0.25) is 0 Å². The van der Waals surface area contributed by atoms with E-state index in [0.29, 0.717) is 6.42 Å². The minimum absolute atomic E-state index is 0.272. The molecule has 0 spiro atoms. The minimum atomic E-state index is -0.284. The lowest BCUT2D eigenvalue weighted by Crippen LogP contribution is -2.28. The maximum Gasteiger partial charge on any atom is 0.122 e. The maximum atomic E-state index is 9.91. The van der Waals surface area contributed by atoms with E-state index in [9.17, 15) is 5.11 Å². The van der Waals surface area contributed by atoms with Crippen LogP contribution >= 0.6 is 0 Å². The van der Waals surface area contributed by atoms with Gasteiger partial charge in [0, 0.05) is 17.5 Å². The van der Waals surface area contributed by atoms with E-state index in [1.165, 1.54) is 5.56 Å². The topological polar surface area (TPSA) is 38.7 Å². The fourth-order valence-electron chi connectivity index (χ4n) is 2.35. The van der Waals surface area contributed by atoms with Gasteiger partial charge in [0.2, 0.25) is 0 Å². The lowest BCUT2D eigenvalue weighted by molar-refractivity contribution is 0.107. The van der Waals surface area contributed by atoms with Crippen molar-refractivity contribution >= 4 is 0 Å². The van der Waals surface area contributed by atoms with E-state index >= 15 is 0 Å². The first kappa shape index (κ1) is 11.3. The highest BCUT2D eigenvalue weighted by atomic mass is 16.5. The maximum absolute atomic E-state index is 9.91. The molecule has 0 amide bonds. The zero-order valence-corrected chi connectivity index (χ0v) is 9.99. The second-order valence-electron chi connectivity index (χ2n) is 4.38. The number of hydrogen-bond donors (Lipinski definition) is 1. The second-order valence-corrected chi connectivity index (χ2v) is 4.38. The number of benzene rings is 1. The van der Waals surface area contributed by atoms with Crippen molar-refractivity contribution in [2.24, 2.45) is 5.92 Å². The Morgan fingerprint density at radius 1 is 1.06 bits per heavy atom. The third-order valence-corrected chi connectivity index (χ3v) is 3.38. The predicted octanol–water partition coefficient (Wildman–Crippen LogP) is 1.80. The molecule has 2 unspecified atom stereocenters. The number of fused-ring (bicyclic) bond motifs is 1. The molecule has 1 aromatic rings. The summed E-state index contributed by atoms with van der Waals surface area (Å²) < 4.78 is 10.7. The largest absolute Gasteiger partial charge is 0.496 e. The number of hydrogen-bond acceptors (Lipinski definition) is 3. The van der Waals surface area contributed by atoms with Gasteiger partial charge in [-0.3, -0.25) is 0 Å². The molecule has 0 heterocycles. The zero-order valence-electron chi connectivity index (χ0n) is 9.99. The van der Waals surface area contributed by atoms with Gasteiger partial charge in [-0.05, 0) is 24.5 Å². The smallest absolute Gasteiger partial charge is 0.122 e. The van der Waals surface area contributed by atoms with Crippen molar-refractivity contribution in [3.8, 4) is 11.5 Å². The third kappa shape index (κ3) is 1.76. The number of rotatable bonds is 2. The highest BCUT2D eigenvalue weighted by molar-refractivity contribution is 5.50. The molecular weight excluding hydrogens is 204 g/mol. The minimum Gasteiger partial charge on any atom is -0.496 e. The summed E-state index contributed by atoms with van der Waals surface area (Å²) in [5.74, 6) is 2.02. The van der Waals surface area contributed by atoms with Gasteiger partial charge in [0.1, 0.15) is 11.5 Å². The molecule has 1 aliphatic rings. The van der Waals surface area contributed by atoms with Gasteiger partial charge >= 0.3 is 0 Å². The molecule has 0 aliphatic heterocycles. The van der Waals surface area contributed by atoms with Crippen LogP contribution in [-0.2, 0) is 12.8 Å². The van der Waals surface area contributed by atoms with Crippen LogP contribution in [0.4, 0.5) is 0 Å². The van der Waals surface area contributed by atoms with Crippen LogP contribution < -0.4 is 9.47 Å². The third-order valence-electron chi connectivity index (χ3n) is 3.38. The van der Waals surface area contributed by atoms with Crippen LogP contribution in [0, 0.1) is 5.92 Å². The van der Waals surface area contributed by atoms with Crippen molar-refractivity contribution in [3.05, 3.63) is 23.3 Å². The van der Waals surface area contributed by atoms with Gasteiger partial charge in [-0.1, -0.05) is 6.92 Å². The summed E-state index contributed by atoms with van der Waals surface area (Å²) in [6, 6.07) is 3.84. The first-order valence-corrected chi connectivity index (χ1v) is 5.58. The van der Waals surface area contributed by atoms with Crippen molar-refractivity contribution in [1.82, 2.24) is 0 Å². The highest BCUT2D eigenvalue weighted by Gasteiger charge is 2.28. The predicted molar refractivity (Wildman–Crippen MR) is 62.1 cm³/mol. The number of aliphatic hydroxyl groups is 1. The fourth-order valence-corrected chi connectivity index (χ4v) is 2.35. The van der Waals surface area contributed by atoms with Gasteiger partial charge in [0.05, 0.1) is 20.3 Å². The summed E-state index contributed by atoms with van der Waals surface area (Å²) in [5.41, 5.74) is 2.27. The molecule has 0 saturated heterocycles. The van der Waals surface area contributed by atoms with E-state index < -0.39 is 0 Å². The van der Waals surface area contributed by atoms with Gasteiger partial charge in [-0.15, -0.1) is 0 Å². The van der Waals surface area contributed by atoms with Crippen LogP contribution in [0.25, 0.3) is 0 Å². The van der Waals surface area contributed by atoms with E-state index in [1.807, 2.05) is 12.1 Å². The number of methoxy groups -OCH3 is 2. The zero-order chi connectivity index (χ0) is 11.7. The SMILES string of the molecule is COc1ccc(OC)c2c1CC(C)C(O)C2. The molecule has 3 heteroatoms. The van der Waals surface area contributed by atoms with Crippen molar-refractivity contribution in [3.63, 3.8) is 0 Å². The molecule has 3 nitrogen and oxygen atoms in total. The van der Waals surface area contributed by atoms with E-state index in [1.54, 1.807) is 14.2 Å². The Labute approximate surface area is 96.0 Å². The Morgan fingerprint density at radius 3 is 2.06 bits per heavy atom. The van der Waals surface area contributed by atoms with Crippen LogP contribution in [0.3, 0.4) is 0 Å². The molecule has 2 rings (SSSR count). The molecule has 0 fully saturated rings. The first-order valence-electron chi connectivity index (χ1n) is 5.58. The molecule has 0 aromatic heterocycles. The van der Waals surface area contributed by atoms with Gasteiger partial charge in [-0.25, -0.2) is 0 Å². The van der Waals surface area contributed by atoms with Gasteiger partial charge in [0.15, 0.2) is 0 Å². The molecule has 1 N–H and O–H groups in total. The van der Waals surface area contributed by atoms with Gasteiger partial charge < -0.3 is 14.6 Å². The summed E-state index contributed by atoms with van der Waals surface area (Å²) >= 11 is 0. The Hall–Kier alpha value is -1.22. The normalized spacial score (nSPS) is 23.8. The van der Waals surface area contributed by atoms with E-state index in [2.05, 4.69) is 6.92 Å². The first-order chi connectivity index (χ1) is 7.67. The van der Waals surface area contributed by atoms with E-state index in [4.69, 9.17) is 9.47 Å². The van der Waals surface area contributed by atoms with Crippen molar-refractivity contribution in [2.45, 2.75) is 25.9 Å². The average molecular weight is 222 g/mol. The Morgan fingerprint density at radius 2 is 1.56 bits per heavy atom. The average Bonchev–Trinajstić information content (AvgIpc) is 2.29. The Balaban J connectivity index is 2.50. The molecule has 0 bridgehead atoms. The second kappa shape index (κ2) is 4.34. The molecule has 16 heavy (non-hydrogen) atoms. The quantitative estimate of drug-likeness (QED) is 0.829. The van der Waals surface area contributed by atoms with Gasteiger partial charge in [0.25, 0.3) is 0 Å². The fraction of sp³-hybridized carbons (Fsp3) is 0.538. The molecule has 2 atom stereocenters. The standard InChI is InChI=1S/C13H18O3/c1-8-6-9-10(7-11(8)14)13(16-3)5-4-12(9)15-2/h4-5,8,11,14H,6-7H2,1-3H3. The summed E-state index contributed by atoms with van der Waals surface area (Å²) in [4.78, 5) is 0. The number of ether oxygens (including phenoxy) is 2. The summed E-state index contributed by atoms with van der Waals surface area (Å²) in [5, 5.41) is 9.91. The molecule has 1 aliphatic carbocycles. The summed E-state index contributed by atoms with van der Waals surface area (Å²) in [6.45, 7) is 2.06. The monoisotopic (exact) mass is 222 g/mol. The highest BCUT2D eigenvalue weighted by Crippen LogP contribution is 2.37. The lowest BCUT2D eigenvalue weighted by Gasteiger charge is -2.29. The van der Waals surface area contributed by atoms with Crippen LogP contribution in [-0.4, -0.2) is 25.4 Å². The van der Waals surface area contributed by atoms with Crippen LogP contribution in [0.15, 0.2) is 12.1 Å². The lowest BCUT2D eigenvalue weighted by atomic mass is 9.82. The Bertz CT molecular complexity index is 350. The Kier molecular flexibility index (Phi) is 3.06. The van der Waals surface area contributed by atoms with Crippen molar-refractivity contribution < 1.29 is 14.6 Å². The molecular formula is C13H18O3. The van der Waals surface area contributed by atoms with Gasteiger partial charge in [-0.2, -0.15) is 0 Å². The van der Waals surface area contributed by atoms with Crippen molar-refractivity contribution in [2.75, 3.05) is 14.2 Å². The van der Waals surface area contributed by atoms with E-state index in [-0.39, 0.29) is 12.0 Å². The van der Waals surface area contributed by atoms with Crippen LogP contribution in [0.1, 0.15) is 18.1 Å². The van der Waals surface area contributed by atoms with Crippen molar-refractivity contribution in [1.29, 1.82) is 0 Å². The molecule has 0 radical (unpaired) electrons. The number of aliphatic hydroxyl groups excluding tert-OH is 1. The summed E-state index contributed by atoms with van der Waals surface area (Å²) in [6.07, 6.45) is 1.21.